The van der Waals surface area contributed by atoms with Gasteiger partial charge in [0.05, 0.1) is 0 Å². The van der Waals surface area contributed by atoms with Crippen LogP contribution in [0.3, 0.4) is 0 Å². The van der Waals surface area contributed by atoms with Gasteiger partial charge in [0, 0.05) is 0 Å². The van der Waals surface area contributed by atoms with Crippen LogP contribution in [0.15, 0.2) is 24.3 Å². The van der Waals surface area contributed by atoms with Gasteiger partial charge >= 0.3 is 6.18 Å². The zero-order chi connectivity index (χ0) is 13.2. The number of ether oxygens (including phenoxy) is 1. The van der Waals surface area contributed by atoms with E-state index in [1.54, 1.807) is 12.1 Å². The number of nitrogens with two attached hydrogens (primary N) is 1. The Morgan fingerprint density at radius 3 is 2.22 bits per heavy atom. The van der Waals surface area contributed by atoms with E-state index in [0.717, 1.165) is 12.0 Å². The summed E-state index contributed by atoms with van der Waals surface area (Å²) >= 11 is 0. The second-order valence-electron chi connectivity index (χ2n) is 4.75. The van der Waals surface area contributed by atoms with Crippen LogP contribution in [0.25, 0.3) is 0 Å². The van der Waals surface area contributed by atoms with Crippen LogP contribution in [0.4, 0.5) is 13.2 Å². The molecule has 1 aliphatic rings. The van der Waals surface area contributed by atoms with Crippen molar-refractivity contribution >= 4 is 0 Å². The average Bonchev–Trinajstić information content (AvgIpc) is 3.09. The summed E-state index contributed by atoms with van der Waals surface area (Å²) in [6.07, 6.45) is -3.07. The van der Waals surface area contributed by atoms with Crippen LogP contribution in [0.2, 0.25) is 0 Å². The Morgan fingerprint density at radius 1 is 1.17 bits per heavy atom. The van der Waals surface area contributed by atoms with E-state index in [9.17, 15) is 13.2 Å². The quantitative estimate of drug-likeness (QED) is 0.882. The van der Waals surface area contributed by atoms with E-state index in [2.05, 4.69) is 0 Å². The molecule has 0 aromatic heterocycles. The molecule has 1 aromatic rings. The van der Waals surface area contributed by atoms with Crippen LogP contribution >= 0.6 is 0 Å². The Morgan fingerprint density at radius 2 is 1.78 bits per heavy atom. The minimum Gasteiger partial charge on any atom is -0.493 e. The largest absolute Gasteiger partial charge is 0.493 e. The fraction of sp³-hybridized carbons (Fsp3) is 0.538. The van der Waals surface area contributed by atoms with Crippen molar-refractivity contribution in [2.45, 2.75) is 25.4 Å². The Balaban J connectivity index is 1.91. The highest BCUT2D eigenvalue weighted by molar-refractivity contribution is 5.27. The Kier molecular flexibility index (Phi) is 3.52. The number of rotatable bonds is 5. The Bertz CT molecular complexity index is 396. The molecule has 1 aromatic carbocycles. The van der Waals surface area contributed by atoms with Crippen molar-refractivity contribution in [1.82, 2.24) is 0 Å². The van der Waals surface area contributed by atoms with E-state index in [-0.39, 0.29) is 19.4 Å². The normalized spacial score (nSPS) is 17.6. The lowest BCUT2D eigenvalue weighted by Crippen LogP contribution is -2.30. The van der Waals surface area contributed by atoms with Gasteiger partial charge in [0.1, 0.15) is 17.8 Å². The summed E-state index contributed by atoms with van der Waals surface area (Å²) in [5.74, 6) is 0.478. The van der Waals surface area contributed by atoms with Crippen LogP contribution in [-0.4, -0.2) is 19.3 Å². The first kappa shape index (κ1) is 13.2. The molecule has 100 valence electrons. The highest BCUT2D eigenvalue weighted by Gasteiger charge is 2.63. The lowest BCUT2D eigenvalue weighted by molar-refractivity contribution is -0.194. The van der Waals surface area contributed by atoms with E-state index in [1.807, 2.05) is 12.1 Å². The van der Waals surface area contributed by atoms with Gasteiger partial charge in [-0.1, -0.05) is 12.1 Å². The van der Waals surface area contributed by atoms with E-state index >= 15 is 0 Å². The lowest BCUT2D eigenvalue weighted by atomic mass is 10.1. The third kappa shape index (κ3) is 2.77. The minimum absolute atomic E-state index is 0.168. The molecule has 2 N–H and O–H groups in total. The SMILES string of the molecule is NCCc1ccc(OCC2(C(F)(F)F)CC2)cc1. The molecule has 1 aliphatic carbocycles. The Hall–Kier alpha value is -1.23. The summed E-state index contributed by atoms with van der Waals surface area (Å²) in [5, 5.41) is 0. The van der Waals surface area contributed by atoms with Crippen LogP contribution in [0, 0.1) is 5.41 Å². The van der Waals surface area contributed by atoms with E-state index in [0.29, 0.717) is 12.3 Å². The van der Waals surface area contributed by atoms with Crippen molar-refractivity contribution in [2.75, 3.05) is 13.2 Å². The van der Waals surface area contributed by atoms with Crippen molar-refractivity contribution in [3.63, 3.8) is 0 Å². The van der Waals surface area contributed by atoms with E-state index in [4.69, 9.17) is 10.5 Å². The van der Waals surface area contributed by atoms with E-state index in [1.165, 1.54) is 0 Å². The zero-order valence-electron chi connectivity index (χ0n) is 9.96. The number of benzene rings is 1. The van der Waals surface area contributed by atoms with Gasteiger partial charge in [0.25, 0.3) is 0 Å². The topological polar surface area (TPSA) is 35.2 Å². The zero-order valence-corrected chi connectivity index (χ0v) is 9.96. The van der Waals surface area contributed by atoms with Gasteiger partial charge in [-0.05, 0) is 43.5 Å². The number of alkyl halides is 3. The van der Waals surface area contributed by atoms with Crippen LogP contribution in [0.1, 0.15) is 18.4 Å². The first-order valence-electron chi connectivity index (χ1n) is 5.95. The summed E-state index contributed by atoms with van der Waals surface area (Å²) < 4.78 is 43.2. The first-order chi connectivity index (χ1) is 8.47. The summed E-state index contributed by atoms with van der Waals surface area (Å²) in [6, 6.07) is 7.04. The summed E-state index contributed by atoms with van der Waals surface area (Å²) in [4.78, 5) is 0. The molecular weight excluding hydrogens is 243 g/mol. The van der Waals surface area contributed by atoms with E-state index < -0.39 is 11.6 Å². The van der Waals surface area contributed by atoms with Crippen molar-refractivity contribution < 1.29 is 17.9 Å². The molecule has 0 saturated heterocycles. The molecule has 2 rings (SSSR count). The molecular formula is C13H16F3NO. The van der Waals surface area contributed by atoms with Crippen molar-refractivity contribution in [2.24, 2.45) is 11.1 Å². The highest BCUT2D eigenvalue weighted by Crippen LogP contribution is 2.57. The maximum absolute atomic E-state index is 12.7. The smallest absolute Gasteiger partial charge is 0.397 e. The second kappa shape index (κ2) is 4.80. The maximum Gasteiger partial charge on any atom is 0.397 e. The first-order valence-corrected chi connectivity index (χ1v) is 5.95. The summed E-state index contributed by atoms with van der Waals surface area (Å²) in [5.41, 5.74) is 4.86. The van der Waals surface area contributed by atoms with Crippen molar-refractivity contribution in [3.05, 3.63) is 29.8 Å². The molecule has 0 heterocycles. The lowest BCUT2D eigenvalue weighted by Gasteiger charge is -2.19. The predicted molar refractivity (Wildman–Crippen MR) is 62.4 cm³/mol. The third-order valence-electron chi connectivity index (χ3n) is 3.33. The molecule has 1 saturated carbocycles. The van der Waals surface area contributed by atoms with Gasteiger partial charge in [-0.25, -0.2) is 0 Å². The molecule has 0 amide bonds. The minimum atomic E-state index is -4.16. The Labute approximate surface area is 104 Å². The van der Waals surface area contributed by atoms with Gasteiger partial charge in [0.2, 0.25) is 0 Å². The summed E-state index contributed by atoms with van der Waals surface area (Å²) in [7, 11) is 0. The molecule has 2 nitrogen and oxygen atoms in total. The monoisotopic (exact) mass is 259 g/mol. The van der Waals surface area contributed by atoms with Gasteiger partial charge in [-0.15, -0.1) is 0 Å². The van der Waals surface area contributed by atoms with Crippen LogP contribution in [-0.2, 0) is 6.42 Å². The number of hydrogen-bond donors (Lipinski definition) is 1. The number of hydrogen-bond acceptors (Lipinski definition) is 2. The van der Waals surface area contributed by atoms with Crippen LogP contribution < -0.4 is 10.5 Å². The molecule has 5 heteroatoms. The molecule has 1 fully saturated rings. The summed E-state index contributed by atoms with van der Waals surface area (Å²) in [6.45, 7) is 0.268. The highest BCUT2D eigenvalue weighted by atomic mass is 19.4. The van der Waals surface area contributed by atoms with Gasteiger partial charge in [0.15, 0.2) is 0 Å². The average molecular weight is 259 g/mol. The van der Waals surface area contributed by atoms with Crippen molar-refractivity contribution in [3.8, 4) is 5.75 Å². The van der Waals surface area contributed by atoms with Gasteiger partial charge < -0.3 is 10.5 Å². The third-order valence-corrected chi connectivity index (χ3v) is 3.33. The predicted octanol–water partition coefficient (Wildman–Crippen LogP) is 2.91. The second-order valence-corrected chi connectivity index (χ2v) is 4.75. The molecule has 0 radical (unpaired) electrons. The fourth-order valence-electron chi connectivity index (χ4n) is 1.80. The molecule has 0 spiro atoms. The standard InChI is InChI=1S/C13H16F3NO/c14-13(15,16)12(6-7-12)9-18-11-3-1-10(2-4-11)5-8-17/h1-4H,5-9,17H2. The molecule has 0 atom stereocenters. The fourth-order valence-corrected chi connectivity index (χ4v) is 1.80. The molecule has 0 bridgehead atoms. The molecule has 0 aliphatic heterocycles. The van der Waals surface area contributed by atoms with Crippen LogP contribution in [0.5, 0.6) is 5.75 Å². The number of halogens is 3. The van der Waals surface area contributed by atoms with Gasteiger partial charge in [-0.2, -0.15) is 13.2 Å². The molecule has 18 heavy (non-hydrogen) atoms. The maximum atomic E-state index is 12.7. The van der Waals surface area contributed by atoms with Gasteiger partial charge in [-0.3, -0.25) is 0 Å². The van der Waals surface area contributed by atoms with Crippen molar-refractivity contribution in [1.29, 1.82) is 0 Å². The molecule has 0 unspecified atom stereocenters.